The lowest BCUT2D eigenvalue weighted by Gasteiger charge is -2.49. The maximum Gasteiger partial charge on any atom is 0.0148 e. The van der Waals surface area contributed by atoms with Crippen LogP contribution in [0.1, 0.15) is 59.3 Å². The molecular weight excluding hydrogens is 244 g/mol. The number of likely N-dealkylation sites (tertiary alicyclic amines) is 1. The second-order valence-corrected chi connectivity index (χ2v) is 8.22. The monoisotopic (exact) mass is 278 g/mol. The van der Waals surface area contributed by atoms with Crippen molar-refractivity contribution in [3.05, 3.63) is 0 Å². The Morgan fingerprint density at radius 2 is 1.75 bits per heavy atom. The highest BCUT2D eigenvalue weighted by atomic mass is 15.2. The van der Waals surface area contributed by atoms with Crippen molar-refractivity contribution in [1.82, 2.24) is 10.2 Å². The zero-order valence-electron chi connectivity index (χ0n) is 13.8. The zero-order valence-corrected chi connectivity index (χ0v) is 13.8. The van der Waals surface area contributed by atoms with Crippen LogP contribution >= 0.6 is 0 Å². The Bertz CT molecular complexity index is 301. The highest BCUT2D eigenvalue weighted by molar-refractivity contribution is 4.96. The Labute approximate surface area is 125 Å². The third-order valence-electron chi connectivity index (χ3n) is 6.28. The van der Waals surface area contributed by atoms with Crippen molar-refractivity contribution in [3.63, 3.8) is 0 Å². The van der Waals surface area contributed by atoms with Crippen LogP contribution in [0.15, 0.2) is 0 Å². The van der Waals surface area contributed by atoms with Gasteiger partial charge in [-0.25, -0.2) is 0 Å². The molecule has 0 aromatic rings. The molecule has 116 valence electrons. The van der Waals surface area contributed by atoms with Crippen LogP contribution in [0.5, 0.6) is 0 Å². The Morgan fingerprint density at radius 1 is 1.05 bits per heavy atom. The Hall–Kier alpha value is -0.0800. The summed E-state index contributed by atoms with van der Waals surface area (Å²) in [5, 5.41) is 4.02. The minimum absolute atomic E-state index is 0.731. The highest BCUT2D eigenvalue weighted by Gasteiger charge is 2.40. The van der Waals surface area contributed by atoms with Crippen molar-refractivity contribution >= 4 is 0 Å². The first-order chi connectivity index (χ1) is 9.63. The fourth-order valence-corrected chi connectivity index (χ4v) is 5.04. The molecule has 1 aliphatic heterocycles. The lowest BCUT2D eigenvalue weighted by Crippen LogP contribution is -2.58. The predicted octanol–water partition coefficient (Wildman–Crippen LogP) is 3.52. The molecule has 2 aliphatic carbocycles. The van der Waals surface area contributed by atoms with Crippen LogP contribution in [-0.4, -0.2) is 36.6 Å². The fraction of sp³-hybridized carbons (Fsp3) is 1.00. The van der Waals surface area contributed by atoms with Crippen molar-refractivity contribution < 1.29 is 0 Å². The molecule has 3 fully saturated rings. The number of hydrogen-bond donors (Lipinski definition) is 1. The van der Waals surface area contributed by atoms with Gasteiger partial charge in [-0.15, -0.1) is 0 Å². The van der Waals surface area contributed by atoms with E-state index < -0.39 is 0 Å². The molecule has 0 aromatic carbocycles. The Kier molecular flexibility index (Phi) is 4.72. The zero-order chi connectivity index (χ0) is 14.1. The minimum Gasteiger partial charge on any atom is -0.313 e. The molecule has 0 radical (unpaired) electrons. The topological polar surface area (TPSA) is 15.3 Å². The lowest BCUT2D eigenvalue weighted by atomic mass is 9.73. The van der Waals surface area contributed by atoms with Gasteiger partial charge in [-0.2, -0.15) is 0 Å². The van der Waals surface area contributed by atoms with E-state index in [4.69, 9.17) is 0 Å². The minimum atomic E-state index is 0.731. The molecule has 0 aromatic heterocycles. The highest BCUT2D eigenvalue weighted by Crippen LogP contribution is 2.36. The molecule has 3 aliphatic rings. The average Bonchev–Trinajstić information content (AvgIpc) is 2.81. The first-order valence-electron chi connectivity index (χ1n) is 9.11. The number of nitrogens with one attached hydrogen (secondary N) is 1. The van der Waals surface area contributed by atoms with Crippen LogP contribution in [0.4, 0.5) is 0 Å². The summed E-state index contributed by atoms with van der Waals surface area (Å²) in [5.74, 6) is 3.78. The summed E-state index contributed by atoms with van der Waals surface area (Å²) in [5.41, 5.74) is 0. The molecule has 1 heterocycles. The molecule has 4 unspecified atom stereocenters. The van der Waals surface area contributed by atoms with Gasteiger partial charge in [0.2, 0.25) is 0 Å². The van der Waals surface area contributed by atoms with E-state index in [0.717, 1.165) is 35.8 Å². The van der Waals surface area contributed by atoms with E-state index in [1.807, 2.05) is 0 Å². The smallest absolute Gasteiger partial charge is 0.0148 e. The van der Waals surface area contributed by atoms with Gasteiger partial charge in [-0.3, -0.25) is 0 Å². The SMILES string of the molecule is CC1CCC(CNC2C3CCCC2CN(C(C)C)C3)C1. The lowest BCUT2D eigenvalue weighted by molar-refractivity contribution is 0.0282. The van der Waals surface area contributed by atoms with Gasteiger partial charge in [0.05, 0.1) is 0 Å². The van der Waals surface area contributed by atoms with Gasteiger partial charge in [-0.05, 0) is 69.7 Å². The number of fused-ring (bicyclic) bond motifs is 2. The molecular formula is C18H34N2. The Balaban J connectivity index is 1.54. The van der Waals surface area contributed by atoms with Gasteiger partial charge < -0.3 is 10.2 Å². The summed E-state index contributed by atoms with van der Waals surface area (Å²) < 4.78 is 0. The number of piperidine rings is 1. The predicted molar refractivity (Wildman–Crippen MR) is 85.8 cm³/mol. The van der Waals surface area contributed by atoms with Crippen molar-refractivity contribution in [1.29, 1.82) is 0 Å². The molecule has 1 saturated heterocycles. The average molecular weight is 278 g/mol. The molecule has 0 amide bonds. The number of hydrogen-bond acceptors (Lipinski definition) is 2. The van der Waals surface area contributed by atoms with Crippen molar-refractivity contribution in [2.45, 2.75) is 71.4 Å². The van der Waals surface area contributed by atoms with Crippen molar-refractivity contribution in [3.8, 4) is 0 Å². The van der Waals surface area contributed by atoms with E-state index in [9.17, 15) is 0 Å². The van der Waals surface area contributed by atoms with Gasteiger partial charge in [0.1, 0.15) is 0 Å². The van der Waals surface area contributed by atoms with Crippen LogP contribution in [0, 0.1) is 23.7 Å². The van der Waals surface area contributed by atoms with Crippen LogP contribution in [0.2, 0.25) is 0 Å². The maximum atomic E-state index is 4.02. The molecule has 2 saturated carbocycles. The molecule has 20 heavy (non-hydrogen) atoms. The van der Waals surface area contributed by atoms with E-state index in [1.54, 1.807) is 0 Å². The van der Waals surface area contributed by atoms with Gasteiger partial charge in [-0.1, -0.05) is 19.8 Å². The van der Waals surface area contributed by atoms with E-state index in [2.05, 4.69) is 31.0 Å². The van der Waals surface area contributed by atoms with Crippen LogP contribution < -0.4 is 5.32 Å². The Morgan fingerprint density at radius 3 is 2.30 bits per heavy atom. The second kappa shape index (κ2) is 6.36. The summed E-state index contributed by atoms with van der Waals surface area (Å²) >= 11 is 0. The van der Waals surface area contributed by atoms with E-state index >= 15 is 0 Å². The number of nitrogens with zero attached hydrogens (tertiary/aromatic N) is 1. The molecule has 2 bridgehead atoms. The summed E-state index contributed by atoms with van der Waals surface area (Å²) in [4.78, 5) is 2.73. The van der Waals surface area contributed by atoms with Gasteiger partial charge >= 0.3 is 0 Å². The van der Waals surface area contributed by atoms with Crippen LogP contribution in [0.3, 0.4) is 0 Å². The van der Waals surface area contributed by atoms with Crippen molar-refractivity contribution in [2.24, 2.45) is 23.7 Å². The first kappa shape index (κ1) is 14.8. The van der Waals surface area contributed by atoms with Crippen LogP contribution in [0.25, 0.3) is 0 Å². The standard InChI is InChI=1S/C18H34N2/c1-13(2)20-11-16-5-4-6-17(12-20)18(16)19-10-15-8-7-14(3)9-15/h13-19H,4-12H2,1-3H3. The summed E-state index contributed by atoms with van der Waals surface area (Å²) in [6.45, 7) is 11.1. The van der Waals surface area contributed by atoms with Crippen LogP contribution in [-0.2, 0) is 0 Å². The van der Waals surface area contributed by atoms with Gasteiger partial charge in [0.25, 0.3) is 0 Å². The molecule has 1 N–H and O–H groups in total. The van der Waals surface area contributed by atoms with Gasteiger partial charge in [0, 0.05) is 25.2 Å². The molecule has 4 atom stereocenters. The van der Waals surface area contributed by atoms with E-state index in [0.29, 0.717) is 0 Å². The normalized spacial score (nSPS) is 42.3. The van der Waals surface area contributed by atoms with E-state index in [1.165, 1.54) is 58.2 Å². The second-order valence-electron chi connectivity index (χ2n) is 8.22. The molecule has 0 spiro atoms. The summed E-state index contributed by atoms with van der Waals surface area (Å²) in [6, 6.07) is 1.56. The first-order valence-corrected chi connectivity index (χ1v) is 9.11. The summed E-state index contributed by atoms with van der Waals surface area (Å²) in [6.07, 6.45) is 8.78. The largest absolute Gasteiger partial charge is 0.313 e. The molecule has 3 rings (SSSR count). The van der Waals surface area contributed by atoms with Crippen molar-refractivity contribution in [2.75, 3.05) is 19.6 Å². The van der Waals surface area contributed by atoms with E-state index in [-0.39, 0.29) is 0 Å². The number of rotatable bonds is 4. The maximum absolute atomic E-state index is 4.02. The molecule has 2 nitrogen and oxygen atoms in total. The third kappa shape index (κ3) is 3.22. The van der Waals surface area contributed by atoms with Gasteiger partial charge in [0.15, 0.2) is 0 Å². The summed E-state index contributed by atoms with van der Waals surface area (Å²) in [7, 11) is 0. The fourth-order valence-electron chi connectivity index (χ4n) is 5.04. The third-order valence-corrected chi connectivity index (χ3v) is 6.28. The quantitative estimate of drug-likeness (QED) is 0.846. The molecule has 2 heteroatoms.